The molecule has 0 aromatic heterocycles. The number of aliphatic hydroxyl groups excluding tert-OH is 2. The fraction of sp³-hybridized carbons (Fsp3) is 1.00. The third-order valence-corrected chi connectivity index (χ3v) is 5.53. The normalized spacial score (nSPS) is 30.9. The predicted octanol–water partition coefficient (Wildman–Crippen LogP) is 2.95. The molecule has 1 aliphatic heterocycles. The van der Waals surface area contributed by atoms with Crippen LogP contribution in [-0.2, 0) is 0 Å². The highest BCUT2D eigenvalue weighted by molar-refractivity contribution is 4.91. The lowest BCUT2D eigenvalue weighted by Crippen LogP contribution is -2.38. The molecule has 0 spiro atoms. The van der Waals surface area contributed by atoms with E-state index in [-0.39, 0.29) is 5.54 Å². The van der Waals surface area contributed by atoms with Crippen molar-refractivity contribution in [2.75, 3.05) is 19.8 Å². The summed E-state index contributed by atoms with van der Waals surface area (Å²) in [6.07, 6.45) is 7.20. The number of hydrogen-bond donors (Lipinski definition) is 3. The van der Waals surface area contributed by atoms with Crippen molar-refractivity contribution in [3.8, 4) is 0 Å². The summed E-state index contributed by atoms with van der Waals surface area (Å²) >= 11 is 0. The number of aliphatic hydroxyl groups is 2. The summed E-state index contributed by atoms with van der Waals surface area (Å²) in [5.74, 6) is 1.44. The lowest BCUT2D eigenvalue weighted by atomic mass is 9.80. The van der Waals surface area contributed by atoms with Gasteiger partial charge in [0.2, 0.25) is 0 Å². The van der Waals surface area contributed by atoms with Crippen LogP contribution in [-0.4, -0.2) is 35.5 Å². The monoisotopic (exact) mass is 285 g/mol. The molecule has 2 aliphatic rings. The zero-order valence-electron chi connectivity index (χ0n) is 13.9. The van der Waals surface area contributed by atoms with E-state index in [2.05, 4.69) is 33.0 Å². The first-order valence-corrected chi connectivity index (χ1v) is 8.30. The van der Waals surface area contributed by atoms with E-state index in [0.29, 0.717) is 24.5 Å². The molecule has 0 aromatic carbocycles. The van der Waals surface area contributed by atoms with Crippen LogP contribution in [0.1, 0.15) is 66.2 Å². The lowest BCUT2D eigenvalue weighted by Gasteiger charge is -2.26. The first-order chi connectivity index (χ1) is 9.33. The molecule has 0 amide bonds. The number of nitrogens with one attached hydrogen (secondary N) is 1. The Morgan fingerprint density at radius 3 is 1.95 bits per heavy atom. The summed E-state index contributed by atoms with van der Waals surface area (Å²) in [4.78, 5) is 0. The Morgan fingerprint density at radius 1 is 0.950 bits per heavy atom. The van der Waals surface area contributed by atoms with Crippen molar-refractivity contribution in [1.82, 2.24) is 5.32 Å². The van der Waals surface area contributed by atoms with Gasteiger partial charge in [-0.15, -0.1) is 0 Å². The molecule has 120 valence electrons. The topological polar surface area (TPSA) is 52.5 Å². The maximum Gasteiger partial charge on any atom is 0.0434 e. The molecule has 2 unspecified atom stereocenters. The lowest BCUT2D eigenvalue weighted by molar-refractivity contribution is 0.188. The van der Waals surface area contributed by atoms with Crippen molar-refractivity contribution >= 4 is 0 Å². The summed E-state index contributed by atoms with van der Waals surface area (Å²) in [5.41, 5.74) is 0.755. The zero-order chi connectivity index (χ0) is 15.2. The first kappa shape index (κ1) is 17.9. The van der Waals surface area contributed by atoms with Gasteiger partial charge in [0.05, 0.1) is 0 Å². The molecule has 3 N–H and O–H groups in total. The quantitative estimate of drug-likeness (QED) is 0.744. The minimum absolute atomic E-state index is 0.253. The number of rotatable bonds is 4. The molecule has 3 heteroatoms. The third kappa shape index (κ3) is 5.01. The van der Waals surface area contributed by atoms with Gasteiger partial charge in [-0.1, -0.05) is 20.3 Å². The van der Waals surface area contributed by atoms with Gasteiger partial charge in [0.25, 0.3) is 0 Å². The molecule has 1 heterocycles. The van der Waals surface area contributed by atoms with Crippen LogP contribution in [0, 0.1) is 17.3 Å². The Morgan fingerprint density at radius 2 is 1.55 bits per heavy atom. The molecule has 1 aliphatic carbocycles. The van der Waals surface area contributed by atoms with E-state index in [9.17, 15) is 0 Å². The van der Waals surface area contributed by atoms with Crippen molar-refractivity contribution in [2.24, 2.45) is 17.3 Å². The Bertz CT molecular complexity index is 248. The maximum atomic E-state index is 8.76. The van der Waals surface area contributed by atoms with E-state index >= 15 is 0 Å². The van der Waals surface area contributed by atoms with E-state index < -0.39 is 0 Å². The summed E-state index contributed by atoms with van der Waals surface area (Å²) in [6, 6.07) is 0. The fourth-order valence-corrected chi connectivity index (χ4v) is 3.82. The molecule has 2 atom stereocenters. The van der Waals surface area contributed by atoms with Crippen LogP contribution in [0.15, 0.2) is 0 Å². The molecule has 20 heavy (non-hydrogen) atoms. The highest BCUT2D eigenvalue weighted by Crippen LogP contribution is 2.43. The average molecular weight is 285 g/mol. The first-order valence-electron chi connectivity index (χ1n) is 8.30. The molecule has 0 aromatic rings. The molecule has 1 saturated heterocycles. The van der Waals surface area contributed by atoms with Gasteiger partial charge in [0, 0.05) is 18.8 Å². The number of hydrogen-bond acceptors (Lipinski definition) is 3. The standard InChI is InChI=1S/C9H18O.C8H17NO/c1-9(2)6-3-4-8(9)5-7-10;1-8(2)7(4-6-10)3-5-9-8/h8,10H,3-7H2,1-2H3;7,9-10H,3-6H2,1-2H3. The van der Waals surface area contributed by atoms with Gasteiger partial charge >= 0.3 is 0 Å². The second-order valence-electron chi connectivity index (χ2n) is 7.74. The van der Waals surface area contributed by atoms with Gasteiger partial charge in [-0.25, -0.2) is 0 Å². The molecular formula is C17H35NO2. The molecule has 0 radical (unpaired) electrons. The fourth-order valence-electron chi connectivity index (χ4n) is 3.82. The minimum Gasteiger partial charge on any atom is -0.396 e. The van der Waals surface area contributed by atoms with Crippen LogP contribution < -0.4 is 5.32 Å². The summed E-state index contributed by atoms with van der Waals surface area (Å²) in [6.45, 7) is 10.9. The summed E-state index contributed by atoms with van der Waals surface area (Å²) in [5, 5.41) is 20.9. The van der Waals surface area contributed by atoms with Crippen LogP contribution in [0.2, 0.25) is 0 Å². The van der Waals surface area contributed by atoms with Crippen LogP contribution in [0.4, 0.5) is 0 Å². The SMILES string of the molecule is CC1(C)CCCC1CCO.CC1(C)NCCC1CCO. The molecule has 2 rings (SSSR count). The Kier molecular flexibility index (Phi) is 6.96. The predicted molar refractivity (Wildman–Crippen MR) is 84.7 cm³/mol. The van der Waals surface area contributed by atoms with Gasteiger partial charge in [-0.05, 0) is 69.7 Å². The van der Waals surface area contributed by atoms with Crippen LogP contribution in [0.25, 0.3) is 0 Å². The van der Waals surface area contributed by atoms with Gasteiger partial charge < -0.3 is 15.5 Å². The van der Waals surface area contributed by atoms with Crippen molar-refractivity contribution in [1.29, 1.82) is 0 Å². The Labute approximate surface area is 125 Å². The summed E-state index contributed by atoms with van der Waals surface area (Å²) < 4.78 is 0. The zero-order valence-corrected chi connectivity index (χ0v) is 13.9. The second-order valence-corrected chi connectivity index (χ2v) is 7.74. The van der Waals surface area contributed by atoms with Crippen LogP contribution >= 0.6 is 0 Å². The molecule has 1 saturated carbocycles. The molecule has 2 fully saturated rings. The molecule has 3 nitrogen and oxygen atoms in total. The molecule has 0 bridgehead atoms. The van der Waals surface area contributed by atoms with E-state index in [1.54, 1.807) is 0 Å². The van der Waals surface area contributed by atoms with E-state index in [4.69, 9.17) is 10.2 Å². The maximum absolute atomic E-state index is 8.76. The molecular weight excluding hydrogens is 250 g/mol. The highest BCUT2D eigenvalue weighted by atomic mass is 16.3. The minimum atomic E-state index is 0.253. The van der Waals surface area contributed by atoms with E-state index in [1.165, 1.54) is 25.7 Å². The second kappa shape index (κ2) is 7.77. The van der Waals surface area contributed by atoms with Gasteiger partial charge in [0.15, 0.2) is 0 Å². The van der Waals surface area contributed by atoms with Crippen molar-refractivity contribution in [3.63, 3.8) is 0 Å². The largest absolute Gasteiger partial charge is 0.396 e. The van der Waals surface area contributed by atoms with Crippen molar-refractivity contribution < 1.29 is 10.2 Å². The smallest absolute Gasteiger partial charge is 0.0434 e. The van der Waals surface area contributed by atoms with Gasteiger partial charge in [-0.3, -0.25) is 0 Å². The van der Waals surface area contributed by atoms with E-state index in [0.717, 1.165) is 25.3 Å². The van der Waals surface area contributed by atoms with Crippen LogP contribution in [0.5, 0.6) is 0 Å². The Balaban J connectivity index is 0.000000200. The average Bonchev–Trinajstić information content (AvgIpc) is 2.85. The van der Waals surface area contributed by atoms with Crippen LogP contribution in [0.3, 0.4) is 0 Å². The third-order valence-electron chi connectivity index (χ3n) is 5.53. The van der Waals surface area contributed by atoms with E-state index in [1.807, 2.05) is 0 Å². The van der Waals surface area contributed by atoms with Gasteiger partial charge in [0.1, 0.15) is 0 Å². The Hall–Kier alpha value is -0.120. The van der Waals surface area contributed by atoms with Crippen molar-refractivity contribution in [2.45, 2.75) is 71.8 Å². The highest BCUT2D eigenvalue weighted by Gasteiger charge is 2.33. The van der Waals surface area contributed by atoms with Crippen molar-refractivity contribution in [3.05, 3.63) is 0 Å². The van der Waals surface area contributed by atoms with Gasteiger partial charge in [-0.2, -0.15) is 0 Å². The summed E-state index contributed by atoms with van der Waals surface area (Å²) in [7, 11) is 0.